The first-order chi connectivity index (χ1) is 7.59. The lowest BCUT2D eigenvalue weighted by Crippen LogP contribution is -2.22. The van der Waals surface area contributed by atoms with Crippen molar-refractivity contribution in [2.24, 2.45) is 5.92 Å². The summed E-state index contributed by atoms with van der Waals surface area (Å²) in [5.74, 6) is 0.650. The van der Waals surface area contributed by atoms with E-state index in [-0.39, 0.29) is 10.6 Å². The zero-order valence-corrected chi connectivity index (χ0v) is 9.77. The van der Waals surface area contributed by atoms with Crippen LogP contribution in [0.15, 0.2) is 24.3 Å². The summed E-state index contributed by atoms with van der Waals surface area (Å²) in [4.78, 5) is 10.1. The Morgan fingerprint density at radius 1 is 1.31 bits per heavy atom. The zero-order valence-electron chi connectivity index (χ0n) is 9.77. The summed E-state index contributed by atoms with van der Waals surface area (Å²) in [6, 6.07) is 6.74. The summed E-state index contributed by atoms with van der Waals surface area (Å²) in [6.45, 7) is 6.25. The molecular formula is C12H18N2O2. The predicted molar refractivity (Wildman–Crippen MR) is 64.5 cm³/mol. The summed E-state index contributed by atoms with van der Waals surface area (Å²) in [5.41, 5.74) is 1.28. The lowest BCUT2D eigenvalue weighted by molar-refractivity contribution is -0.384. The third-order valence-electron chi connectivity index (χ3n) is 2.29. The molecular weight excluding hydrogens is 204 g/mol. The molecule has 0 heterocycles. The smallest absolute Gasteiger partial charge is 0.269 e. The maximum atomic E-state index is 10.4. The average Bonchev–Trinajstić information content (AvgIpc) is 2.25. The number of rotatable bonds is 6. The topological polar surface area (TPSA) is 55.2 Å². The minimum atomic E-state index is -0.374. The van der Waals surface area contributed by atoms with E-state index < -0.39 is 0 Å². The van der Waals surface area contributed by atoms with E-state index in [2.05, 4.69) is 19.2 Å². The first kappa shape index (κ1) is 12.6. The van der Waals surface area contributed by atoms with Crippen molar-refractivity contribution in [1.82, 2.24) is 5.32 Å². The molecule has 0 atom stereocenters. The summed E-state index contributed by atoms with van der Waals surface area (Å²) >= 11 is 0. The quantitative estimate of drug-likeness (QED) is 0.457. The van der Waals surface area contributed by atoms with Gasteiger partial charge in [-0.3, -0.25) is 10.1 Å². The van der Waals surface area contributed by atoms with Gasteiger partial charge in [0.05, 0.1) is 4.92 Å². The average molecular weight is 222 g/mol. The van der Waals surface area contributed by atoms with Crippen LogP contribution in [0.2, 0.25) is 0 Å². The minimum Gasteiger partial charge on any atom is -0.316 e. The van der Waals surface area contributed by atoms with Crippen molar-refractivity contribution in [2.75, 3.05) is 13.1 Å². The van der Waals surface area contributed by atoms with Crippen LogP contribution in [0, 0.1) is 16.0 Å². The number of nitro groups is 1. The van der Waals surface area contributed by atoms with Crippen molar-refractivity contribution in [2.45, 2.75) is 20.3 Å². The Bertz CT molecular complexity index is 333. The number of nitrogens with zero attached hydrogens (tertiary/aromatic N) is 1. The van der Waals surface area contributed by atoms with Crippen LogP contribution in [0.4, 0.5) is 5.69 Å². The summed E-state index contributed by atoms with van der Waals surface area (Å²) < 4.78 is 0. The predicted octanol–water partition coefficient (Wildman–Crippen LogP) is 2.38. The molecule has 0 spiro atoms. The number of hydrogen-bond donors (Lipinski definition) is 1. The minimum absolute atomic E-state index is 0.152. The first-order valence-electron chi connectivity index (χ1n) is 5.53. The fraction of sp³-hybridized carbons (Fsp3) is 0.500. The highest BCUT2D eigenvalue weighted by atomic mass is 16.6. The van der Waals surface area contributed by atoms with Crippen LogP contribution in [0.25, 0.3) is 0 Å². The fourth-order valence-electron chi connectivity index (χ4n) is 1.41. The first-order valence-corrected chi connectivity index (χ1v) is 5.53. The number of nitrogens with one attached hydrogen (secondary N) is 1. The van der Waals surface area contributed by atoms with E-state index in [0.29, 0.717) is 5.92 Å². The van der Waals surface area contributed by atoms with Crippen LogP contribution in [0.1, 0.15) is 19.4 Å². The molecule has 0 fully saturated rings. The number of hydrogen-bond acceptors (Lipinski definition) is 3. The lowest BCUT2D eigenvalue weighted by Gasteiger charge is -2.06. The van der Waals surface area contributed by atoms with Gasteiger partial charge in [-0.1, -0.05) is 26.0 Å². The Balaban J connectivity index is 2.35. The van der Waals surface area contributed by atoms with Crippen LogP contribution >= 0.6 is 0 Å². The highest BCUT2D eigenvalue weighted by Gasteiger charge is 2.03. The molecule has 0 bridgehead atoms. The second kappa shape index (κ2) is 6.23. The van der Waals surface area contributed by atoms with Gasteiger partial charge in [0.1, 0.15) is 0 Å². The summed E-state index contributed by atoms with van der Waals surface area (Å²) in [5, 5.41) is 13.8. The molecule has 0 aliphatic rings. The molecule has 16 heavy (non-hydrogen) atoms. The van der Waals surface area contributed by atoms with Gasteiger partial charge in [0, 0.05) is 12.1 Å². The van der Waals surface area contributed by atoms with Gasteiger partial charge in [-0.25, -0.2) is 0 Å². The third kappa shape index (κ3) is 4.40. The van der Waals surface area contributed by atoms with Crippen molar-refractivity contribution < 1.29 is 4.92 Å². The Morgan fingerprint density at radius 2 is 1.94 bits per heavy atom. The molecule has 1 N–H and O–H groups in total. The van der Waals surface area contributed by atoms with Gasteiger partial charge in [-0.2, -0.15) is 0 Å². The fourth-order valence-corrected chi connectivity index (χ4v) is 1.41. The van der Waals surface area contributed by atoms with E-state index in [4.69, 9.17) is 0 Å². The molecule has 0 unspecified atom stereocenters. The van der Waals surface area contributed by atoms with Crippen LogP contribution in [-0.2, 0) is 6.42 Å². The summed E-state index contributed by atoms with van der Waals surface area (Å²) in [7, 11) is 0. The van der Waals surface area contributed by atoms with E-state index in [1.807, 2.05) is 12.1 Å². The molecule has 1 aromatic carbocycles. The van der Waals surface area contributed by atoms with Crippen molar-refractivity contribution in [3.63, 3.8) is 0 Å². The third-order valence-corrected chi connectivity index (χ3v) is 2.29. The van der Waals surface area contributed by atoms with Gasteiger partial charge in [-0.05, 0) is 31.0 Å². The molecule has 0 saturated heterocycles. The van der Waals surface area contributed by atoms with E-state index in [9.17, 15) is 10.1 Å². The Labute approximate surface area is 95.8 Å². The van der Waals surface area contributed by atoms with Gasteiger partial charge in [0.25, 0.3) is 5.69 Å². The van der Waals surface area contributed by atoms with Gasteiger partial charge in [0.2, 0.25) is 0 Å². The maximum Gasteiger partial charge on any atom is 0.269 e. The molecule has 1 rings (SSSR count). The van der Waals surface area contributed by atoms with Crippen LogP contribution in [0.5, 0.6) is 0 Å². The van der Waals surface area contributed by atoms with Crippen LogP contribution in [0.3, 0.4) is 0 Å². The lowest BCUT2D eigenvalue weighted by atomic mass is 10.1. The van der Waals surface area contributed by atoms with Crippen molar-refractivity contribution in [1.29, 1.82) is 0 Å². The SMILES string of the molecule is CC(C)CNCCc1ccc([N+](=O)[O-])cc1. The van der Waals surface area contributed by atoms with Gasteiger partial charge in [-0.15, -0.1) is 0 Å². The van der Waals surface area contributed by atoms with Crippen LogP contribution in [-0.4, -0.2) is 18.0 Å². The molecule has 0 radical (unpaired) electrons. The van der Waals surface area contributed by atoms with Crippen molar-refractivity contribution >= 4 is 5.69 Å². The largest absolute Gasteiger partial charge is 0.316 e. The monoisotopic (exact) mass is 222 g/mol. The van der Waals surface area contributed by atoms with Crippen molar-refractivity contribution in [3.05, 3.63) is 39.9 Å². The van der Waals surface area contributed by atoms with E-state index in [0.717, 1.165) is 25.1 Å². The highest BCUT2D eigenvalue weighted by molar-refractivity contribution is 5.32. The molecule has 0 amide bonds. The molecule has 0 aromatic heterocycles. The molecule has 0 saturated carbocycles. The number of non-ortho nitro benzene ring substituents is 1. The Hall–Kier alpha value is -1.42. The zero-order chi connectivity index (χ0) is 12.0. The molecule has 88 valence electrons. The Kier molecular flexibility index (Phi) is 4.92. The van der Waals surface area contributed by atoms with Gasteiger partial charge in [0.15, 0.2) is 0 Å². The standard InChI is InChI=1S/C12H18N2O2/c1-10(2)9-13-8-7-11-3-5-12(6-4-11)14(15)16/h3-6,10,13H,7-9H2,1-2H3. The molecule has 4 nitrogen and oxygen atoms in total. The second-order valence-corrected chi connectivity index (χ2v) is 4.27. The number of nitro benzene ring substituents is 1. The van der Waals surface area contributed by atoms with E-state index >= 15 is 0 Å². The van der Waals surface area contributed by atoms with Crippen molar-refractivity contribution in [3.8, 4) is 0 Å². The molecule has 4 heteroatoms. The van der Waals surface area contributed by atoms with Gasteiger partial charge >= 0.3 is 0 Å². The summed E-state index contributed by atoms with van der Waals surface area (Å²) in [6.07, 6.45) is 0.907. The van der Waals surface area contributed by atoms with Gasteiger partial charge < -0.3 is 5.32 Å². The van der Waals surface area contributed by atoms with E-state index in [1.54, 1.807) is 12.1 Å². The van der Waals surface area contributed by atoms with E-state index in [1.165, 1.54) is 0 Å². The van der Waals surface area contributed by atoms with Crippen LogP contribution < -0.4 is 5.32 Å². The Morgan fingerprint density at radius 3 is 2.44 bits per heavy atom. The number of benzene rings is 1. The highest BCUT2D eigenvalue weighted by Crippen LogP contribution is 2.11. The maximum absolute atomic E-state index is 10.4. The second-order valence-electron chi connectivity index (χ2n) is 4.27. The molecule has 0 aliphatic heterocycles. The normalized spacial score (nSPS) is 10.7. The molecule has 1 aromatic rings. The molecule has 0 aliphatic carbocycles.